The number of nitrogen functional groups attached to an aromatic ring is 1. The second-order valence-corrected chi connectivity index (χ2v) is 5.00. The van der Waals surface area contributed by atoms with Gasteiger partial charge in [0.1, 0.15) is 0 Å². The number of rotatable bonds is 4. The van der Waals surface area contributed by atoms with Crippen LogP contribution in [0, 0.1) is 6.92 Å². The van der Waals surface area contributed by atoms with Gasteiger partial charge in [-0.2, -0.15) is 0 Å². The van der Waals surface area contributed by atoms with Crippen molar-refractivity contribution < 1.29 is 4.79 Å². The van der Waals surface area contributed by atoms with Gasteiger partial charge in [0.2, 0.25) is 5.91 Å². The molecule has 3 N–H and O–H groups in total. The van der Waals surface area contributed by atoms with Crippen molar-refractivity contribution in [2.24, 2.45) is 0 Å². The van der Waals surface area contributed by atoms with Crippen molar-refractivity contribution in [1.29, 1.82) is 0 Å². The molecule has 4 nitrogen and oxygen atoms in total. The van der Waals surface area contributed by atoms with Gasteiger partial charge in [-0.25, -0.2) is 4.98 Å². The molecule has 5 heteroatoms. The third-order valence-corrected chi connectivity index (χ3v) is 3.14. The van der Waals surface area contributed by atoms with Gasteiger partial charge in [0.15, 0.2) is 5.15 Å². The smallest absolute Gasteiger partial charge is 0.224 e. The summed E-state index contributed by atoms with van der Waals surface area (Å²) in [7, 11) is 0. The lowest BCUT2D eigenvalue weighted by atomic mass is 10.1. The van der Waals surface area contributed by atoms with E-state index in [1.54, 1.807) is 12.3 Å². The van der Waals surface area contributed by atoms with Gasteiger partial charge in [0.05, 0.1) is 5.69 Å². The molecule has 104 valence electrons. The molecule has 0 saturated carbocycles. The maximum atomic E-state index is 11.9. The molecule has 1 aromatic heterocycles. The Labute approximate surface area is 123 Å². The molecule has 0 atom stereocenters. The number of anilines is 2. The van der Waals surface area contributed by atoms with E-state index in [4.69, 9.17) is 17.3 Å². The first-order chi connectivity index (χ1) is 9.54. The zero-order valence-corrected chi connectivity index (χ0v) is 11.9. The number of pyridine rings is 1. The lowest BCUT2D eigenvalue weighted by Crippen LogP contribution is -2.13. The summed E-state index contributed by atoms with van der Waals surface area (Å²) < 4.78 is 0. The molecule has 0 saturated heterocycles. The molecule has 0 aliphatic rings. The van der Waals surface area contributed by atoms with Gasteiger partial charge in [-0.3, -0.25) is 4.79 Å². The van der Waals surface area contributed by atoms with Crippen molar-refractivity contribution in [2.45, 2.75) is 19.8 Å². The molecular weight excluding hydrogens is 274 g/mol. The van der Waals surface area contributed by atoms with Gasteiger partial charge in [-0.1, -0.05) is 23.7 Å². The maximum absolute atomic E-state index is 11.9. The third kappa shape index (κ3) is 3.96. The fraction of sp³-hybridized carbons (Fsp3) is 0.200. The van der Waals surface area contributed by atoms with Crippen molar-refractivity contribution in [3.05, 3.63) is 52.8 Å². The molecule has 20 heavy (non-hydrogen) atoms. The van der Waals surface area contributed by atoms with Crippen LogP contribution in [0.2, 0.25) is 5.15 Å². The normalized spacial score (nSPS) is 10.3. The Morgan fingerprint density at radius 1 is 1.40 bits per heavy atom. The molecule has 0 aliphatic heterocycles. The SMILES string of the molecule is Cc1cnc(Cl)c(NC(=O)CCc2cccc(N)c2)c1. The van der Waals surface area contributed by atoms with E-state index >= 15 is 0 Å². The fourth-order valence-corrected chi connectivity index (χ4v) is 2.01. The monoisotopic (exact) mass is 289 g/mol. The Hall–Kier alpha value is -2.07. The van der Waals surface area contributed by atoms with Crippen LogP contribution in [0.4, 0.5) is 11.4 Å². The number of carbonyl (C=O) groups is 1. The predicted molar refractivity (Wildman–Crippen MR) is 81.8 cm³/mol. The minimum atomic E-state index is -0.0956. The second-order valence-electron chi connectivity index (χ2n) is 4.64. The van der Waals surface area contributed by atoms with Crippen molar-refractivity contribution in [3.8, 4) is 0 Å². The molecule has 2 rings (SSSR count). The molecule has 0 fully saturated rings. The van der Waals surface area contributed by atoms with Gasteiger partial charge in [0.25, 0.3) is 0 Å². The largest absolute Gasteiger partial charge is 0.399 e. The number of nitrogens with one attached hydrogen (secondary N) is 1. The molecule has 1 amide bonds. The minimum Gasteiger partial charge on any atom is -0.399 e. The van der Waals surface area contributed by atoms with E-state index in [0.29, 0.717) is 29.4 Å². The Kier molecular flexibility index (Phi) is 4.58. The van der Waals surface area contributed by atoms with Gasteiger partial charge in [-0.05, 0) is 42.7 Å². The first kappa shape index (κ1) is 14.3. The molecule has 0 unspecified atom stereocenters. The first-order valence-corrected chi connectivity index (χ1v) is 6.69. The Balaban J connectivity index is 1.94. The highest BCUT2D eigenvalue weighted by Gasteiger charge is 2.07. The minimum absolute atomic E-state index is 0.0956. The summed E-state index contributed by atoms with van der Waals surface area (Å²) in [5, 5.41) is 3.07. The number of aromatic nitrogens is 1. The number of nitrogens with two attached hydrogens (primary N) is 1. The highest BCUT2D eigenvalue weighted by Crippen LogP contribution is 2.20. The number of hydrogen-bond donors (Lipinski definition) is 2. The Morgan fingerprint density at radius 2 is 2.20 bits per heavy atom. The summed E-state index contributed by atoms with van der Waals surface area (Å²) in [5.74, 6) is -0.0956. The van der Waals surface area contributed by atoms with Crippen LogP contribution in [0.5, 0.6) is 0 Å². The number of hydrogen-bond acceptors (Lipinski definition) is 3. The lowest BCUT2D eigenvalue weighted by Gasteiger charge is -2.07. The van der Waals surface area contributed by atoms with E-state index in [2.05, 4.69) is 10.3 Å². The zero-order valence-electron chi connectivity index (χ0n) is 11.2. The summed E-state index contributed by atoms with van der Waals surface area (Å²) in [5.41, 5.74) is 8.93. The van der Waals surface area contributed by atoms with Crippen molar-refractivity contribution in [2.75, 3.05) is 11.1 Å². The molecule has 0 radical (unpaired) electrons. The Morgan fingerprint density at radius 3 is 2.95 bits per heavy atom. The van der Waals surface area contributed by atoms with Crippen LogP contribution in [-0.2, 0) is 11.2 Å². The summed E-state index contributed by atoms with van der Waals surface area (Å²) >= 11 is 5.94. The molecule has 0 aliphatic carbocycles. The zero-order chi connectivity index (χ0) is 14.5. The quantitative estimate of drug-likeness (QED) is 0.671. The first-order valence-electron chi connectivity index (χ1n) is 6.31. The average Bonchev–Trinajstić information content (AvgIpc) is 2.41. The van der Waals surface area contributed by atoms with E-state index in [0.717, 1.165) is 11.1 Å². The Bertz CT molecular complexity index is 628. The predicted octanol–water partition coefficient (Wildman–Crippen LogP) is 3.20. The third-order valence-electron chi connectivity index (χ3n) is 2.84. The van der Waals surface area contributed by atoms with Gasteiger partial charge in [0, 0.05) is 18.3 Å². The molecule has 0 spiro atoms. The summed E-state index contributed by atoms with van der Waals surface area (Å²) in [6.07, 6.45) is 2.66. The van der Waals surface area contributed by atoms with Crippen LogP contribution in [0.1, 0.15) is 17.5 Å². The van der Waals surface area contributed by atoms with Crippen molar-refractivity contribution in [3.63, 3.8) is 0 Å². The maximum Gasteiger partial charge on any atom is 0.224 e. The van der Waals surface area contributed by atoms with Crippen LogP contribution >= 0.6 is 11.6 Å². The standard InChI is InChI=1S/C15H16ClN3O/c1-10-7-13(15(16)18-9-10)19-14(20)6-5-11-3-2-4-12(17)8-11/h2-4,7-9H,5-6,17H2,1H3,(H,19,20). The van der Waals surface area contributed by atoms with E-state index < -0.39 is 0 Å². The van der Waals surface area contributed by atoms with E-state index in [1.807, 2.05) is 31.2 Å². The van der Waals surface area contributed by atoms with Crippen LogP contribution < -0.4 is 11.1 Å². The summed E-state index contributed by atoms with van der Waals surface area (Å²) in [4.78, 5) is 15.9. The van der Waals surface area contributed by atoms with Crippen LogP contribution in [0.25, 0.3) is 0 Å². The van der Waals surface area contributed by atoms with E-state index in [-0.39, 0.29) is 5.91 Å². The molecule has 0 bridgehead atoms. The highest BCUT2D eigenvalue weighted by atomic mass is 35.5. The van der Waals surface area contributed by atoms with Gasteiger partial charge >= 0.3 is 0 Å². The number of amides is 1. The van der Waals surface area contributed by atoms with Gasteiger partial charge in [-0.15, -0.1) is 0 Å². The molecule has 1 heterocycles. The van der Waals surface area contributed by atoms with Crippen molar-refractivity contribution >= 4 is 28.9 Å². The summed E-state index contributed by atoms with van der Waals surface area (Å²) in [6, 6.07) is 9.32. The van der Waals surface area contributed by atoms with Crippen LogP contribution in [0.3, 0.4) is 0 Å². The van der Waals surface area contributed by atoms with Crippen LogP contribution in [0.15, 0.2) is 36.5 Å². The van der Waals surface area contributed by atoms with E-state index in [9.17, 15) is 4.79 Å². The fourth-order valence-electron chi connectivity index (χ4n) is 1.86. The molecule has 1 aromatic carbocycles. The number of nitrogens with zero attached hydrogens (tertiary/aromatic N) is 1. The number of carbonyl (C=O) groups excluding carboxylic acids is 1. The summed E-state index contributed by atoms with van der Waals surface area (Å²) in [6.45, 7) is 1.89. The lowest BCUT2D eigenvalue weighted by molar-refractivity contribution is -0.116. The number of aryl methyl sites for hydroxylation is 2. The topological polar surface area (TPSA) is 68.0 Å². The second kappa shape index (κ2) is 6.39. The highest BCUT2D eigenvalue weighted by molar-refractivity contribution is 6.32. The van der Waals surface area contributed by atoms with E-state index in [1.165, 1.54) is 0 Å². The molecular formula is C15H16ClN3O. The van der Waals surface area contributed by atoms with Crippen molar-refractivity contribution in [1.82, 2.24) is 4.98 Å². The van der Waals surface area contributed by atoms with Gasteiger partial charge < -0.3 is 11.1 Å². The molecule has 2 aromatic rings. The van der Waals surface area contributed by atoms with Crippen LogP contribution in [-0.4, -0.2) is 10.9 Å². The number of halogens is 1. The number of benzene rings is 1. The average molecular weight is 290 g/mol.